The van der Waals surface area contributed by atoms with Gasteiger partial charge in [0.15, 0.2) is 0 Å². The summed E-state index contributed by atoms with van der Waals surface area (Å²) in [5, 5.41) is 10.9. The highest BCUT2D eigenvalue weighted by atomic mass is 35.5. The first-order valence-electron chi connectivity index (χ1n) is 8.85. The van der Waals surface area contributed by atoms with Gasteiger partial charge in [0.25, 0.3) is 0 Å². The molecule has 0 radical (unpaired) electrons. The Morgan fingerprint density at radius 1 is 1.32 bits per heavy atom. The van der Waals surface area contributed by atoms with Gasteiger partial charge in [0.2, 0.25) is 5.91 Å². The van der Waals surface area contributed by atoms with Crippen molar-refractivity contribution in [3.63, 3.8) is 0 Å². The van der Waals surface area contributed by atoms with Gasteiger partial charge in [-0.25, -0.2) is 0 Å². The predicted molar refractivity (Wildman–Crippen MR) is 97.0 cm³/mol. The Morgan fingerprint density at radius 3 is 2.64 bits per heavy atom. The summed E-state index contributed by atoms with van der Waals surface area (Å²) in [5.74, 6) is -0.796. The number of aliphatic hydroxyl groups is 1. The zero-order chi connectivity index (χ0) is 18.3. The molecule has 1 aliphatic heterocycles. The molecule has 4 nitrogen and oxygen atoms in total. The largest absolute Gasteiger partial charge is 0.392 e. The van der Waals surface area contributed by atoms with E-state index in [0.29, 0.717) is 6.42 Å². The monoisotopic (exact) mass is 361 g/mol. The molecule has 0 saturated heterocycles. The van der Waals surface area contributed by atoms with Gasteiger partial charge in [-0.15, -0.1) is 11.6 Å². The van der Waals surface area contributed by atoms with Crippen LogP contribution >= 0.6 is 11.6 Å². The average Bonchev–Trinajstić information content (AvgIpc) is 2.80. The lowest BCUT2D eigenvalue weighted by Crippen LogP contribution is -2.54. The van der Waals surface area contributed by atoms with E-state index in [4.69, 9.17) is 11.6 Å². The quantitative estimate of drug-likeness (QED) is 0.617. The number of alkyl halides is 1. The van der Waals surface area contributed by atoms with Crippen molar-refractivity contribution in [2.45, 2.75) is 50.5 Å². The highest BCUT2D eigenvalue weighted by Gasteiger charge is 2.62. The van der Waals surface area contributed by atoms with E-state index in [2.05, 4.69) is 13.8 Å². The van der Waals surface area contributed by atoms with E-state index in [1.165, 1.54) is 0 Å². The van der Waals surface area contributed by atoms with Gasteiger partial charge < -0.3 is 14.8 Å². The van der Waals surface area contributed by atoms with Crippen LogP contribution in [0.4, 0.5) is 5.69 Å². The number of halogens is 1. The molecule has 25 heavy (non-hydrogen) atoms. The van der Waals surface area contributed by atoms with Crippen LogP contribution in [0, 0.1) is 16.7 Å². The highest BCUT2D eigenvalue weighted by molar-refractivity contribution is 6.22. The first-order valence-corrected chi connectivity index (χ1v) is 9.28. The predicted octanol–water partition coefficient (Wildman–Crippen LogP) is 3.06. The van der Waals surface area contributed by atoms with Crippen molar-refractivity contribution >= 4 is 29.5 Å². The second kappa shape index (κ2) is 5.08. The standard InChI is InChI=1S/C20H24ClNO3/c1-19(2)11-8-13(21)20(3,9-23)15(17(11)24)10-6-5-7-12-14(10)16(19)18(25)22(12)4/h5-7,9,11,13,15-17,24H,8H2,1-4H3/t11-,13+,15-,16+,17+,20+/m0/s1. The molecule has 1 aromatic rings. The minimum atomic E-state index is -0.859. The van der Waals surface area contributed by atoms with Crippen LogP contribution in [0.15, 0.2) is 18.2 Å². The van der Waals surface area contributed by atoms with Crippen LogP contribution in [0.25, 0.3) is 0 Å². The minimum Gasteiger partial charge on any atom is -0.392 e. The molecule has 1 saturated carbocycles. The number of carbonyl (C=O) groups is 2. The van der Waals surface area contributed by atoms with Crippen molar-refractivity contribution < 1.29 is 14.7 Å². The van der Waals surface area contributed by atoms with Crippen LogP contribution in [0.2, 0.25) is 0 Å². The molecular weight excluding hydrogens is 338 g/mol. The van der Waals surface area contributed by atoms with Gasteiger partial charge >= 0.3 is 0 Å². The Bertz CT molecular complexity index is 776. The number of amides is 1. The molecule has 0 spiro atoms. The zero-order valence-electron chi connectivity index (χ0n) is 15.0. The molecule has 2 bridgehead atoms. The molecule has 1 heterocycles. The number of benzene rings is 1. The minimum absolute atomic E-state index is 0.0612. The van der Waals surface area contributed by atoms with E-state index in [-0.39, 0.29) is 23.1 Å². The third-order valence-corrected chi connectivity index (χ3v) is 7.84. The molecule has 4 rings (SSSR count). The third-order valence-electron chi connectivity index (χ3n) is 7.19. The highest BCUT2D eigenvalue weighted by Crippen LogP contribution is 2.64. The van der Waals surface area contributed by atoms with Gasteiger partial charge in [-0.2, -0.15) is 0 Å². The van der Waals surface area contributed by atoms with Crippen molar-refractivity contribution in [2.75, 3.05) is 11.9 Å². The number of hydrogen-bond donors (Lipinski definition) is 1. The molecule has 134 valence electrons. The van der Waals surface area contributed by atoms with Crippen LogP contribution in [0.1, 0.15) is 50.2 Å². The van der Waals surface area contributed by atoms with Gasteiger partial charge in [0.05, 0.1) is 12.0 Å². The summed E-state index contributed by atoms with van der Waals surface area (Å²) in [7, 11) is 1.80. The van der Waals surface area contributed by atoms with Crippen molar-refractivity contribution in [1.82, 2.24) is 0 Å². The fraction of sp³-hybridized carbons (Fsp3) is 0.600. The number of aliphatic hydroxyl groups excluding tert-OH is 1. The van der Waals surface area contributed by atoms with Crippen LogP contribution < -0.4 is 4.90 Å². The Hall–Kier alpha value is -1.39. The van der Waals surface area contributed by atoms with E-state index in [9.17, 15) is 14.7 Å². The lowest BCUT2D eigenvalue weighted by atomic mass is 9.56. The molecule has 1 fully saturated rings. The average molecular weight is 362 g/mol. The lowest BCUT2D eigenvalue weighted by molar-refractivity contribution is -0.130. The summed E-state index contributed by atoms with van der Waals surface area (Å²) in [5.41, 5.74) is 1.47. The summed E-state index contributed by atoms with van der Waals surface area (Å²) < 4.78 is 0. The maximum absolute atomic E-state index is 13.1. The number of aldehydes is 1. The van der Waals surface area contributed by atoms with Crippen molar-refractivity contribution in [1.29, 1.82) is 0 Å². The van der Waals surface area contributed by atoms with Crippen molar-refractivity contribution in [2.24, 2.45) is 16.7 Å². The summed E-state index contributed by atoms with van der Waals surface area (Å²) in [4.78, 5) is 26.9. The van der Waals surface area contributed by atoms with Gasteiger partial charge in [-0.1, -0.05) is 32.9 Å². The number of anilines is 1. The fourth-order valence-electron chi connectivity index (χ4n) is 5.61. The van der Waals surface area contributed by atoms with Gasteiger partial charge in [-0.05, 0) is 34.9 Å². The van der Waals surface area contributed by atoms with Crippen LogP contribution in [-0.4, -0.2) is 35.8 Å². The smallest absolute Gasteiger partial charge is 0.234 e. The van der Waals surface area contributed by atoms with Gasteiger partial charge in [0.1, 0.15) is 6.29 Å². The molecular formula is C20H24ClNO3. The summed E-state index contributed by atoms with van der Waals surface area (Å²) in [6.45, 7) is 5.95. The molecule has 3 aliphatic rings. The Balaban J connectivity index is 2.08. The Kier molecular flexibility index (Phi) is 3.46. The molecule has 0 aromatic heterocycles. The van der Waals surface area contributed by atoms with E-state index < -0.39 is 22.9 Å². The molecule has 1 N–H and O–H groups in total. The number of likely N-dealkylation sites (N-methyl/N-ethyl adjacent to an activating group) is 1. The molecule has 1 aromatic carbocycles. The Labute approximate surface area is 153 Å². The molecule has 0 unspecified atom stereocenters. The topological polar surface area (TPSA) is 57.6 Å². The van der Waals surface area contributed by atoms with E-state index in [1.807, 2.05) is 25.1 Å². The van der Waals surface area contributed by atoms with E-state index in [0.717, 1.165) is 23.1 Å². The summed E-state index contributed by atoms with van der Waals surface area (Å²) >= 11 is 6.69. The zero-order valence-corrected chi connectivity index (χ0v) is 15.7. The number of fused-ring (bicyclic) bond motifs is 3. The molecule has 5 heteroatoms. The normalized spacial score (nSPS) is 41.3. The third kappa shape index (κ3) is 1.87. The van der Waals surface area contributed by atoms with Crippen LogP contribution in [-0.2, 0) is 9.59 Å². The molecule has 1 amide bonds. The number of carbonyl (C=O) groups excluding carboxylic acids is 2. The Morgan fingerprint density at radius 2 is 2.00 bits per heavy atom. The van der Waals surface area contributed by atoms with Crippen LogP contribution in [0.3, 0.4) is 0 Å². The van der Waals surface area contributed by atoms with Crippen LogP contribution in [0.5, 0.6) is 0 Å². The maximum Gasteiger partial charge on any atom is 0.234 e. The number of nitrogens with zero attached hydrogens (tertiary/aromatic N) is 1. The fourth-order valence-corrected chi connectivity index (χ4v) is 5.99. The molecule has 2 aliphatic carbocycles. The number of hydrogen-bond acceptors (Lipinski definition) is 3. The van der Waals surface area contributed by atoms with Crippen molar-refractivity contribution in [3.8, 4) is 0 Å². The van der Waals surface area contributed by atoms with Crippen molar-refractivity contribution in [3.05, 3.63) is 29.3 Å². The summed E-state index contributed by atoms with van der Waals surface area (Å²) in [6.07, 6.45) is 0.732. The summed E-state index contributed by atoms with van der Waals surface area (Å²) in [6, 6.07) is 5.82. The molecule has 6 atom stereocenters. The maximum atomic E-state index is 13.1. The lowest BCUT2D eigenvalue weighted by Gasteiger charge is -2.51. The first kappa shape index (κ1) is 17.0. The van der Waals surface area contributed by atoms with Gasteiger partial charge in [-0.3, -0.25) is 4.79 Å². The second-order valence-corrected chi connectivity index (χ2v) is 9.22. The SMILES string of the molecule is CN1C(=O)[C@H]2c3c(cccc31)[C@H]1[C@H](O)[C@H](C[C@@H](Cl)[C@@]1(C)C=O)C2(C)C. The van der Waals surface area contributed by atoms with Gasteiger partial charge in [0, 0.05) is 29.4 Å². The first-order chi connectivity index (χ1) is 11.7. The van der Waals surface area contributed by atoms with E-state index >= 15 is 0 Å². The number of rotatable bonds is 1. The van der Waals surface area contributed by atoms with E-state index in [1.54, 1.807) is 11.9 Å². The second-order valence-electron chi connectivity index (χ2n) is 8.69.